The molecule has 1 aromatic carbocycles. The third-order valence-corrected chi connectivity index (χ3v) is 2.13. The number of rotatable bonds is 1. The summed E-state index contributed by atoms with van der Waals surface area (Å²) < 4.78 is 0. The second-order valence-electron chi connectivity index (χ2n) is 3.59. The van der Waals surface area contributed by atoms with Crippen molar-refractivity contribution in [3.8, 4) is 0 Å². The first-order valence-electron chi connectivity index (χ1n) is 3.86. The molecule has 0 aromatic heterocycles. The van der Waals surface area contributed by atoms with E-state index in [0.717, 1.165) is 0 Å². The van der Waals surface area contributed by atoms with Gasteiger partial charge in [-0.05, 0) is 12.5 Å². The van der Waals surface area contributed by atoms with E-state index in [4.69, 9.17) is 0 Å². The molecule has 0 aliphatic carbocycles. The summed E-state index contributed by atoms with van der Waals surface area (Å²) in [5, 5.41) is 0.202. The minimum atomic E-state index is 0.202. The van der Waals surface area contributed by atoms with Crippen molar-refractivity contribution >= 4 is 9.24 Å². The molecule has 0 aliphatic heterocycles. The molecule has 1 aromatic rings. The van der Waals surface area contributed by atoms with Crippen LogP contribution in [0.2, 0.25) is 0 Å². The van der Waals surface area contributed by atoms with Crippen LogP contribution in [0.1, 0.15) is 25.0 Å². The average molecular weight is 166 g/mol. The third kappa shape index (κ3) is 2.31. The molecular formula is C10H15P. The van der Waals surface area contributed by atoms with Crippen molar-refractivity contribution in [3.05, 3.63) is 35.4 Å². The van der Waals surface area contributed by atoms with Crippen molar-refractivity contribution in [2.75, 3.05) is 0 Å². The molecule has 1 rings (SSSR count). The quantitative estimate of drug-likeness (QED) is 0.562. The van der Waals surface area contributed by atoms with Crippen LogP contribution in [0.25, 0.3) is 0 Å². The molecule has 0 N–H and O–H groups in total. The molecule has 11 heavy (non-hydrogen) atoms. The largest absolute Gasteiger partial charge is 0.127 e. The Morgan fingerprint density at radius 1 is 1.09 bits per heavy atom. The van der Waals surface area contributed by atoms with Crippen molar-refractivity contribution in [1.82, 2.24) is 0 Å². The third-order valence-electron chi connectivity index (χ3n) is 1.80. The lowest BCUT2D eigenvalue weighted by Gasteiger charge is -2.18. The molecule has 0 saturated carbocycles. The van der Waals surface area contributed by atoms with Gasteiger partial charge in [0, 0.05) is 5.16 Å². The van der Waals surface area contributed by atoms with Crippen LogP contribution < -0.4 is 0 Å². The Hall–Kier alpha value is -0.350. The molecule has 0 bridgehead atoms. The lowest BCUT2D eigenvalue weighted by molar-refractivity contribution is 0.783. The summed E-state index contributed by atoms with van der Waals surface area (Å²) in [6.45, 7) is 6.50. The molecule has 0 heterocycles. The summed E-state index contributed by atoms with van der Waals surface area (Å²) in [4.78, 5) is 0. The van der Waals surface area contributed by atoms with Gasteiger partial charge in [-0.25, -0.2) is 0 Å². The predicted molar refractivity (Wildman–Crippen MR) is 53.9 cm³/mol. The van der Waals surface area contributed by atoms with E-state index >= 15 is 0 Å². The van der Waals surface area contributed by atoms with Gasteiger partial charge >= 0.3 is 0 Å². The van der Waals surface area contributed by atoms with Gasteiger partial charge in [0.2, 0.25) is 0 Å². The van der Waals surface area contributed by atoms with Crippen molar-refractivity contribution in [2.24, 2.45) is 0 Å². The van der Waals surface area contributed by atoms with E-state index in [2.05, 4.69) is 54.3 Å². The van der Waals surface area contributed by atoms with Gasteiger partial charge in [0.05, 0.1) is 0 Å². The molecular weight excluding hydrogens is 151 g/mol. The SMILES string of the molecule is Cc1ccc(C(C)(C)P)cc1. The highest BCUT2D eigenvalue weighted by Crippen LogP contribution is 2.29. The summed E-state index contributed by atoms with van der Waals surface area (Å²) in [6.07, 6.45) is 0. The maximum atomic E-state index is 2.85. The van der Waals surface area contributed by atoms with Crippen LogP contribution in [0.5, 0.6) is 0 Å². The van der Waals surface area contributed by atoms with Crippen molar-refractivity contribution in [3.63, 3.8) is 0 Å². The van der Waals surface area contributed by atoms with Crippen molar-refractivity contribution in [2.45, 2.75) is 25.9 Å². The van der Waals surface area contributed by atoms with E-state index in [9.17, 15) is 0 Å². The lowest BCUT2D eigenvalue weighted by Crippen LogP contribution is -2.05. The molecule has 1 heteroatoms. The zero-order chi connectivity index (χ0) is 8.48. The zero-order valence-electron chi connectivity index (χ0n) is 7.39. The Kier molecular flexibility index (Phi) is 2.34. The van der Waals surface area contributed by atoms with E-state index in [-0.39, 0.29) is 5.16 Å². The Morgan fingerprint density at radius 3 is 1.91 bits per heavy atom. The summed E-state index contributed by atoms with van der Waals surface area (Å²) in [5.41, 5.74) is 2.69. The Labute approximate surface area is 71.2 Å². The highest BCUT2D eigenvalue weighted by Gasteiger charge is 2.12. The van der Waals surface area contributed by atoms with Gasteiger partial charge in [-0.2, -0.15) is 0 Å². The Morgan fingerprint density at radius 2 is 1.55 bits per heavy atom. The maximum Gasteiger partial charge on any atom is 0.00413 e. The molecule has 0 radical (unpaired) electrons. The Balaban J connectivity index is 2.99. The van der Waals surface area contributed by atoms with Gasteiger partial charge in [0.15, 0.2) is 0 Å². The topological polar surface area (TPSA) is 0 Å². The minimum absolute atomic E-state index is 0.202. The van der Waals surface area contributed by atoms with E-state index < -0.39 is 0 Å². The summed E-state index contributed by atoms with van der Waals surface area (Å²) >= 11 is 0. The van der Waals surface area contributed by atoms with Gasteiger partial charge in [-0.15, -0.1) is 9.24 Å². The standard InChI is InChI=1S/C10H15P/c1-8-4-6-9(7-5-8)10(2,3)11/h4-7H,11H2,1-3H3. The van der Waals surface area contributed by atoms with Gasteiger partial charge in [-0.3, -0.25) is 0 Å². The average Bonchev–Trinajstić information content (AvgIpc) is 1.86. The molecule has 1 atom stereocenters. The second kappa shape index (κ2) is 2.95. The van der Waals surface area contributed by atoms with E-state index in [1.807, 2.05) is 0 Å². The van der Waals surface area contributed by atoms with Crippen LogP contribution >= 0.6 is 9.24 Å². The fourth-order valence-corrected chi connectivity index (χ4v) is 1.18. The molecule has 0 aliphatic rings. The fraction of sp³-hybridized carbons (Fsp3) is 0.400. The normalized spacial score (nSPS) is 11.6. The molecule has 1 unspecified atom stereocenters. The monoisotopic (exact) mass is 166 g/mol. The highest BCUT2D eigenvalue weighted by atomic mass is 31.0. The van der Waals surface area contributed by atoms with Gasteiger partial charge in [0.25, 0.3) is 0 Å². The molecule has 0 nitrogen and oxygen atoms in total. The predicted octanol–water partition coefficient (Wildman–Crippen LogP) is 3.11. The number of benzene rings is 1. The van der Waals surface area contributed by atoms with Gasteiger partial charge in [-0.1, -0.05) is 43.7 Å². The van der Waals surface area contributed by atoms with E-state index in [0.29, 0.717) is 0 Å². The summed E-state index contributed by atoms with van der Waals surface area (Å²) in [7, 11) is 2.85. The van der Waals surface area contributed by atoms with Crippen LogP contribution in [0.15, 0.2) is 24.3 Å². The van der Waals surface area contributed by atoms with Crippen LogP contribution in [0.3, 0.4) is 0 Å². The summed E-state index contributed by atoms with van der Waals surface area (Å²) in [6, 6.07) is 8.67. The van der Waals surface area contributed by atoms with Gasteiger partial charge in [0.1, 0.15) is 0 Å². The minimum Gasteiger partial charge on any atom is -0.127 e. The molecule has 0 spiro atoms. The molecule has 0 saturated heterocycles. The second-order valence-corrected chi connectivity index (χ2v) is 5.03. The summed E-state index contributed by atoms with van der Waals surface area (Å²) in [5.74, 6) is 0. The zero-order valence-corrected chi connectivity index (χ0v) is 8.54. The van der Waals surface area contributed by atoms with Crippen LogP contribution in [-0.4, -0.2) is 0 Å². The first kappa shape index (κ1) is 8.74. The van der Waals surface area contributed by atoms with Gasteiger partial charge < -0.3 is 0 Å². The number of hydrogen-bond donors (Lipinski definition) is 0. The van der Waals surface area contributed by atoms with E-state index in [1.165, 1.54) is 11.1 Å². The number of hydrogen-bond acceptors (Lipinski definition) is 0. The molecule has 0 fully saturated rings. The van der Waals surface area contributed by atoms with Crippen molar-refractivity contribution in [1.29, 1.82) is 0 Å². The van der Waals surface area contributed by atoms with Crippen LogP contribution in [-0.2, 0) is 5.16 Å². The first-order valence-corrected chi connectivity index (χ1v) is 4.44. The smallest absolute Gasteiger partial charge is 0.00413 e. The first-order chi connectivity index (χ1) is 5.00. The molecule has 60 valence electrons. The van der Waals surface area contributed by atoms with E-state index in [1.54, 1.807) is 0 Å². The van der Waals surface area contributed by atoms with Crippen LogP contribution in [0, 0.1) is 6.92 Å². The lowest BCUT2D eigenvalue weighted by atomic mass is 10.0. The van der Waals surface area contributed by atoms with Crippen LogP contribution in [0.4, 0.5) is 0 Å². The maximum absolute atomic E-state index is 2.85. The number of aryl methyl sites for hydroxylation is 1. The molecule has 0 amide bonds. The highest BCUT2D eigenvalue weighted by molar-refractivity contribution is 7.18. The fourth-order valence-electron chi connectivity index (χ4n) is 0.983. The van der Waals surface area contributed by atoms with Crippen molar-refractivity contribution < 1.29 is 0 Å². The Bertz CT molecular complexity index is 228.